The van der Waals surface area contributed by atoms with Gasteiger partial charge in [0.2, 0.25) is 0 Å². The quantitative estimate of drug-likeness (QED) is 0.738. The Bertz CT molecular complexity index is 419. The molecule has 4 heteroatoms. The molecule has 1 fully saturated rings. The Balaban J connectivity index is 1.96. The van der Waals surface area contributed by atoms with E-state index in [-0.39, 0.29) is 5.60 Å². The molecule has 1 aliphatic rings. The third kappa shape index (κ3) is 3.77. The molecular weight excluding hydrogens is 281 g/mol. The summed E-state index contributed by atoms with van der Waals surface area (Å²) in [7, 11) is 0. The van der Waals surface area contributed by atoms with Crippen LogP contribution in [0.1, 0.15) is 39.0 Å². The van der Waals surface area contributed by atoms with Crippen LogP contribution in [-0.4, -0.2) is 18.7 Å². The summed E-state index contributed by atoms with van der Waals surface area (Å²) in [4.78, 5) is 0. The minimum Gasteiger partial charge on any atom is -0.486 e. The van der Waals surface area contributed by atoms with Crippen LogP contribution in [-0.2, 0) is 0 Å². The maximum Gasteiger partial charge on any atom is 0.140 e. The summed E-state index contributed by atoms with van der Waals surface area (Å²) in [6.07, 6.45) is 5.61. The van der Waals surface area contributed by atoms with Crippen molar-refractivity contribution in [3.63, 3.8) is 0 Å². The average Bonchev–Trinajstić information content (AvgIpc) is 2.36. The Kier molecular flexibility index (Phi) is 5.37. The van der Waals surface area contributed by atoms with E-state index in [1.165, 1.54) is 6.42 Å². The van der Waals surface area contributed by atoms with E-state index < -0.39 is 0 Å². The number of benzene rings is 1. The standard InChI is InChI=1S/C15H21Cl2NO/c1-2-10-18-11-9-15(7-4-8-15)19-13-6-3-5-12(16)14(13)17/h3,5-6,18H,2,4,7-11H2,1H3. The van der Waals surface area contributed by atoms with Crippen LogP contribution in [0.4, 0.5) is 0 Å². The minimum absolute atomic E-state index is 0.0466. The van der Waals surface area contributed by atoms with Gasteiger partial charge in [0, 0.05) is 0 Å². The van der Waals surface area contributed by atoms with E-state index >= 15 is 0 Å². The number of halogens is 2. The Hall–Kier alpha value is -0.440. The molecule has 1 N–H and O–H groups in total. The van der Waals surface area contributed by atoms with E-state index in [0.29, 0.717) is 15.8 Å². The van der Waals surface area contributed by atoms with Crippen molar-refractivity contribution in [1.82, 2.24) is 5.32 Å². The molecule has 0 spiro atoms. The maximum atomic E-state index is 6.19. The molecule has 0 aromatic heterocycles. The van der Waals surface area contributed by atoms with Crippen LogP contribution in [0.3, 0.4) is 0 Å². The minimum atomic E-state index is -0.0466. The van der Waals surface area contributed by atoms with Crippen LogP contribution in [0.5, 0.6) is 5.75 Å². The molecule has 1 aromatic carbocycles. The third-order valence-corrected chi connectivity index (χ3v) is 4.49. The Morgan fingerprint density at radius 3 is 2.68 bits per heavy atom. The van der Waals surface area contributed by atoms with Crippen LogP contribution in [0.15, 0.2) is 18.2 Å². The normalized spacial score (nSPS) is 17.0. The second-order valence-corrected chi connectivity index (χ2v) is 5.98. The maximum absolute atomic E-state index is 6.19. The first-order valence-electron chi connectivity index (χ1n) is 7.01. The molecule has 2 rings (SSSR count). The van der Waals surface area contributed by atoms with E-state index in [2.05, 4.69) is 12.2 Å². The Morgan fingerprint density at radius 2 is 2.05 bits per heavy atom. The molecule has 0 saturated heterocycles. The largest absolute Gasteiger partial charge is 0.486 e. The van der Waals surface area contributed by atoms with Crippen molar-refractivity contribution in [2.45, 2.75) is 44.6 Å². The van der Waals surface area contributed by atoms with Gasteiger partial charge in [-0.2, -0.15) is 0 Å². The predicted octanol–water partition coefficient (Wildman–Crippen LogP) is 4.68. The second kappa shape index (κ2) is 6.83. The molecule has 0 amide bonds. The van der Waals surface area contributed by atoms with Gasteiger partial charge < -0.3 is 10.1 Å². The van der Waals surface area contributed by atoms with Crippen molar-refractivity contribution in [2.75, 3.05) is 13.1 Å². The van der Waals surface area contributed by atoms with Gasteiger partial charge in [0.25, 0.3) is 0 Å². The first-order chi connectivity index (χ1) is 9.17. The number of ether oxygens (including phenoxy) is 1. The first kappa shape index (κ1) is 15.0. The topological polar surface area (TPSA) is 21.3 Å². The lowest BCUT2D eigenvalue weighted by Gasteiger charge is -2.42. The highest BCUT2D eigenvalue weighted by molar-refractivity contribution is 6.42. The van der Waals surface area contributed by atoms with Crippen molar-refractivity contribution in [2.24, 2.45) is 0 Å². The zero-order chi connectivity index (χ0) is 13.7. The molecule has 0 unspecified atom stereocenters. The monoisotopic (exact) mass is 301 g/mol. The van der Waals surface area contributed by atoms with Gasteiger partial charge in [-0.25, -0.2) is 0 Å². The summed E-state index contributed by atoms with van der Waals surface area (Å²) in [6, 6.07) is 5.56. The van der Waals surface area contributed by atoms with Crippen LogP contribution in [0.25, 0.3) is 0 Å². The van der Waals surface area contributed by atoms with Crippen LogP contribution in [0.2, 0.25) is 10.0 Å². The molecule has 0 heterocycles. The van der Waals surface area contributed by atoms with Gasteiger partial charge in [-0.1, -0.05) is 36.2 Å². The Labute approximate surface area is 125 Å². The lowest BCUT2D eigenvalue weighted by atomic mass is 9.77. The summed E-state index contributed by atoms with van der Waals surface area (Å²) in [5.74, 6) is 0.712. The van der Waals surface area contributed by atoms with Crippen LogP contribution < -0.4 is 10.1 Å². The van der Waals surface area contributed by atoms with Crippen LogP contribution >= 0.6 is 23.2 Å². The van der Waals surface area contributed by atoms with Gasteiger partial charge in [0.05, 0.1) is 5.02 Å². The van der Waals surface area contributed by atoms with Gasteiger partial charge >= 0.3 is 0 Å². The van der Waals surface area contributed by atoms with E-state index in [4.69, 9.17) is 27.9 Å². The number of hydrogen-bond donors (Lipinski definition) is 1. The fourth-order valence-corrected chi connectivity index (χ4v) is 2.72. The highest BCUT2D eigenvalue weighted by Gasteiger charge is 2.39. The van der Waals surface area contributed by atoms with E-state index in [0.717, 1.165) is 38.8 Å². The lowest BCUT2D eigenvalue weighted by molar-refractivity contribution is -0.0141. The summed E-state index contributed by atoms with van der Waals surface area (Å²) in [5.41, 5.74) is -0.0466. The van der Waals surface area contributed by atoms with Gasteiger partial charge in [-0.05, 0) is 57.3 Å². The van der Waals surface area contributed by atoms with Gasteiger partial charge in [0.15, 0.2) is 0 Å². The molecule has 19 heavy (non-hydrogen) atoms. The molecule has 2 nitrogen and oxygen atoms in total. The summed E-state index contributed by atoms with van der Waals surface area (Å²) >= 11 is 12.2. The van der Waals surface area contributed by atoms with Crippen molar-refractivity contribution in [1.29, 1.82) is 0 Å². The van der Waals surface area contributed by atoms with Gasteiger partial charge in [0.1, 0.15) is 16.4 Å². The molecule has 0 bridgehead atoms. The van der Waals surface area contributed by atoms with Crippen molar-refractivity contribution < 1.29 is 4.74 Å². The fourth-order valence-electron chi connectivity index (χ4n) is 2.39. The van der Waals surface area contributed by atoms with E-state index in [9.17, 15) is 0 Å². The highest BCUT2D eigenvalue weighted by atomic mass is 35.5. The Morgan fingerprint density at radius 1 is 1.26 bits per heavy atom. The molecule has 1 aromatic rings. The number of rotatable bonds is 7. The summed E-state index contributed by atoms with van der Waals surface area (Å²) in [6.45, 7) is 4.23. The average molecular weight is 302 g/mol. The predicted molar refractivity (Wildman–Crippen MR) is 81.4 cm³/mol. The summed E-state index contributed by atoms with van der Waals surface area (Å²) in [5, 5.41) is 4.51. The van der Waals surface area contributed by atoms with Gasteiger partial charge in [-0.3, -0.25) is 0 Å². The summed E-state index contributed by atoms with van der Waals surface area (Å²) < 4.78 is 6.17. The molecule has 1 saturated carbocycles. The van der Waals surface area contributed by atoms with Crippen molar-refractivity contribution in [3.8, 4) is 5.75 Å². The zero-order valence-corrected chi connectivity index (χ0v) is 12.9. The molecule has 106 valence electrons. The molecule has 1 aliphatic carbocycles. The number of hydrogen-bond acceptors (Lipinski definition) is 2. The second-order valence-electron chi connectivity index (χ2n) is 5.19. The van der Waals surface area contributed by atoms with Crippen molar-refractivity contribution >= 4 is 23.2 Å². The molecule has 0 radical (unpaired) electrons. The van der Waals surface area contributed by atoms with E-state index in [1.807, 2.05) is 12.1 Å². The fraction of sp³-hybridized carbons (Fsp3) is 0.600. The highest BCUT2D eigenvalue weighted by Crippen LogP contribution is 2.42. The van der Waals surface area contributed by atoms with Crippen molar-refractivity contribution in [3.05, 3.63) is 28.2 Å². The third-order valence-electron chi connectivity index (χ3n) is 3.69. The first-order valence-corrected chi connectivity index (χ1v) is 7.76. The van der Waals surface area contributed by atoms with Gasteiger partial charge in [-0.15, -0.1) is 0 Å². The van der Waals surface area contributed by atoms with E-state index in [1.54, 1.807) is 6.07 Å². The molecule has 0 atom stereocenters. The number of nitrogens with one attached hydrogen (secondary N) is 1. The molecular formula is C15H21Cl2NO. The van der Waals surface area contributed by atoms with Crippen LogP contribution in [0, 0.1) is 0 Å². The molecule has 0 aliphatic heterocycles. The zero-order valence-electron chi connectivity index (χ0n) is 11.3. The SMILES string of the molecule is CCCNCCC1(Oc2cccc(Cl)c2Cl)CCC1. The lowest BCUT2D eigenvalue weighted by Crippen LogP contribution is -2.45. The smallest absolute Gasteiger partial charge is 0.140 e.